The van der Waals surface area contributed by atoms with Crippen molar-refractivity contribution in [1.29, 1.82) is 0 Å². The number of hydrogen-bond acceptors (Lipinski definition) is 5. The number of hydrogen-bond donors (Lipinski definition) is 2. The summed E-state index contributed by atoms with van der Waals surface area (Å²) in [5.74, 6) is -2.40. The standard InChI is InChI=1S/C20H17F3N4O4S/c1-12-17(13-5-3-2-4-6-13)19(12,18(28)29)26-32(30,31)15-7-8-16(24-10-15)27-11-14(9-25-27)20(21,22)23/h2-12,17,26H,1H3,(H,28,29)/t12-,17-,19+/m1/s1. The van der Waals surface area contributed by atoms with E-state index in [-0.39, 0.29) is 10.7 Å². The second kappa shape index (κ2) is 7.41. The lowest BCUT2D eigenvalue weighted by molar-refractivity contribution is -0.140. The monoisotopic (exact) mass is 466 g/mol. The van der Waals surface area contributed by atoms with E-state index in [4.69, 9.17) is 0 Å². The fourth-order valence-corrected chi connectivity index (χ4v) is 5.24. The summed E-state index contributed by atoms with van der Waals surface area (Å²) in [6.07, 6.45) is -2.28. The molecule has 168 valence electrons. The van der Waals surface area contributed by atoms with Gasteiger partial charge in [-0.25, -0.2) is 18.1 Å². The third kappa shape index (κ3) is 3.65. The Morgan fingerprint density at radius 3 is 2.38 bits per heavy atom. The molecule has 1 aliphatic rings. The number of alkyl halides is 3. The number of benzene rings is 1. The largest absolute Gasteiger partial charge is 0.480 e. The average molecular weight is 466 g/mol. The molecule has 3 atom stereocenters. The summed E-state index contributed by atoms with van der Waals surface area (Å²) in [4.78, 5) is 15.6. The molecule has 0 amide bonds. The average Bonchev–Trinajstić information content (AvgIpc) is 3.09. The summed E-state index contributed by atoms with van der Waals surface area (Å²) < 4.78 is 67.2. The van der Waals surface area contributed by atoms with Gasteiger partial charge in [-0.3, -0.25) is 4.79 Å². The van der Waals surface area contributed by atoms with Crippen LogP contribution in [0.2, 0.25) is 0 Å². The predicted octanol–water partition coefficient (Wildman–Crippen LogP) is 2.82. The Bertz CT molecular complexity index is 1260. The van der Waals surface area contributed by atoms with E-state index in [1.165, 1.54) is 6.07 Å². The highest BCUT2D eigenvalue weighted by Gasteiger charge is 2.70. The number of rotatable bonds is 6. The first-order valence-electron chi connectivity index (χ1n) is 9.37. The smallest absolute Gasteiger partial charge is 0.419 e. The minimum atomic E-state index is -4.58. The number of aliphatic carboxylic acids is 1. The van der Waals surface area contributed by atoms with Gasteiger partial charge in [-0.05, 0) is 23.6 Å². The van der Waals surface area contributed by atoms with Crippen molar-refractivity contribution in [2.75, 3.05) is 0 Å². The van der Waals surface area contributed by atoms with E-state index in [9.17, 15) is 31.5 Å². The zero-order valence-electron chi connectivity index (χ0n) is 16.5. The molecule has 12 heteroatoms. The van der Waals surface area contributed by atoms with Crippen LogP contribution in [-0.4, -0.2) is 39.8 Å². The Balaban J connectivity index is 1.60. The van der Waals surface area contributed by atoms with Crippen molar-refractivity contribution >= 4 is 16.0 Å². The Hall–Kier alpha value is -3.25. The zero-order chi connectivity index (χ0) is 23.3. The van der Waals surface area contributed by atoms with Crippen molar-refractivity contribution < 1.29 is 31.5 Å². The van der Waals surface area contributed by atoms with Crippen molar-refractivity contribution in [3.05, 3.63) is 72.2 Å². The van der Waals surface area contributed by atoms with E-state index in [0.29, 0.717) is 11.8 Å². The lowest BCUT2D eigenvalue weighted by Crippen LogP contribution is -2.45. The van der Waals surface area contributed by atoms with E-state index in [1.54, 1.807) is 37.3 Å². The van der Waals surface area contributed by atoms with Gasteiger partial charge < -0.3 is 5.11 Å². The quantitative estimate of drug-likeness (QED) is 0.578. The highest BCUT2D eigenvalue weighted by Crippen LogP contribution is 2.58. The highest BCUT2D eigenvalue weighted by atomic mass is 32.2. The van der Waals surface area contributed by atoms with Crippen LogP contribution in [0.4, 0.5) is 13.2 Å². The zero-order valence-corrected chi connectivity index (χ0v) is 17.3. The minimum Gasteiger partial charge on any atom is -0.480 e. The molecule has 32 heavy (non-hydrogen) atoms. The Kier molecular flexibility index (Phi) is 5.09. The molecule has 1 saturated carbocycles. The number of carboxylic acid groups (broad SMARTS) is 1. The number of carbonyl (C=O) groups is 1. The maximum Gasteiger partial charge on any atom is 0.419 e. The molecular formula is C20H17F3N4O4S. The van der Waals surface area contributed by atoms with Crippen LogP contribution in [0.3, 0.4) is 0 Å². The molecular weight excluding hydrogens is 449 g/mol. The van der Waals surface area contributed by atoms with Gasteiger partial charge in [-0.15, -0.1) is 0 Å². The SMILES string of the molecule is C[C@@H]1[C@H](c2ccccc2)[C@]1(NS(=O)(=O)c1ccc(-n2cc(C(F)(F)F)cn2)nc1)C(=O)O. The van der Waals surface area contributed by atoms with E-state index < -0.39 is 45.1 Å². The van der Waals surface area contributed by atoms with Crippen molar-refractivity contribution in [3.8, 4) is 5.82 Å². The molecule has 2 heterocycles. The molecule has 2 aromatic heterocycles. The van der Waals surface area contributed by atoms with Crippen LogP contribution in [0.25, 0.3) is 5.82 Å². The van der Waals surface area contributed by atoms with Crippen LogP contribution in [0.5, 0.6) is 0 Å². The third-order valence-corrected chi connectivity index (χ3v) is 7.06. The molecule has 0 bridgehead atoms. The van der Waals surface area contributed by atoms with Gasteiger partial charge in [-0.2, -0.15) is 23.0 Å². The van der Waals surface area contributed by atoms with Crippen LogP contribution in [0.1, 0.15) is 24.0 Å². The molecule has 0 unspecified atom stereocenters. The lowest BCUT2D eigenvalue weighted by Gasteiger charge is -2.16. The number of sulfonamides is 1. The van der Waals surface area contributed by atoms with Crippen LogP contribution in [-0.2, 0) is 21.0 Å². The predicted molar refractivity (Wildman–Crippen MR) is 105 cm³/mol. The van der Waals surface area contributed by atoms with Crippen molar-refractivity contribution in [1.82, 2.24) is 19.5 Å². The summed E-state index contributed by atoms with van der Waals surface area (Å²) >= 11 is 0. The first-order valence-corrected chi connectivity index (χ1v) is 10.9. The summed E-state index contributed by atoms with van der Waals surface area (Å²) in [6, 6.07) is 11.0. The van der Waals surface area contributed by atoms with E-state index >= 15 is 0 Å². The summed E-state index contributed by atoms with van der Waals surface area (Å²) in [5, 5.41) is 13.4. The summed E-state index contributed by atoms with van der Waals surface area (Å²) in [7, 11) is -4.29. The van der Waals surface area contributed by atoms with E-state index in [0.717, 1.165) is 23.1 Å². The van der Waals surface area contributed by atoms with Gasteiger partial charge in [0.1, 0.15) is 10.4 Å². The first kappa shape index (κ1) is 22.0. The van der Waals surface area contributed by atoms with Crippen LogP contribution in [0, 0.1) is 5.92 Å². The molecule has 1 aliphatic carbocycles. The second-order valence-electron chi connectivity index (χ2n) is 7.48. The Morgan fingerprint density at radius 2 is 1.84 bits per heavy atom. The summed E-state index contributed by atoms with van der Waals surface area (Å²) in [5.41, 5.74) is -2.00. The maximum absolute atomic E-state index is 12.9. The molecule has 0 spiro atoms. The first-order chi connectivity index (χ1) is 15.0. The van der Waals surface area contributed by atoms with Crippen LogP contribution in [0.15, 0.2) is 66.0 Å². The number of nitrogens with one attached hydrogen (secondary N) is 1. The van der Waals surface area contributed by atoms with Gasteiger partial charge in [0.2, 0.25) is 10.0 Å². The molecule has 4 rings (SSSR count). The molecule has 0 aliphatic heterocycles. The number of aromatic nitrogens is 3. The molecule has 0 saturated heterocycles. The normalized spacial score (nSPS) is 23.1. The lowest BCUT2D eigenvalue weighted by atomic mass is 10.1. The number of pyridine rings is 1. The van der Waals surface area contributed by atoms with Gasteiger partial charge in [0, 0.05) is 18.3 Å². The second-order valence-corrected chi connectivity index (χ2v) is 9.16. The van der Waals surface area contributed by atoms with Crippen molar-refractivity contribution in [3.63, 3.8) is 0 Å². The number of nitrogens with zero attached hydrogens (tertiary/aromatic N) is 3. The van der Waals surface area contributed by atoms with Gasteiger partial charge >= 0.3 is 12.1 Å². The molecule has 0 radical (unpaired) electrons. The molecule has 3 aromatic rings. The molecule has 2 N–H and O–H groups in total. The number of halogens is 3. The number of carboxylic acids is 1. The summed E-state index contributed by atoms with van der Waals surface area (Å²) in [6.45, 7) is 1.64. The highest BCUT2D eigenvalue weighted by molar-refractivity contribution is 7.89. The van der Waals surface area contributed by atoms with Crippen molar-refractivity contribution in [2.45, 2.75) is 29.5 Å². The van der Waals surface area contributed by atoms with Crippen LogP contribution < -0.4 is 4.72 Å². The fraction of sp³-hybridized carbons (Fsp3) is 0.250. The molecule has 1 aromatic carbocycles. The Labute approximate surface area is 180 Å². The van der Waals surface area contributed by atoms with Gasteiger partial charge in [0.25, 0.3) is 0 Å². The fourth-order valence-electron chi connectivity index (χ4n) is 3.84. The maximum atomic E-state index is 12.9. The van der Waals surface area contributed by atoms with E-state index in [2.05, 4.69) is 14.8 Å². The Morgan fingerprint density at radius 1 is 1.16 bits per heavy atom. The van der Waals surface area contributed by atoms with Gasteiger partial charge in [0.15, 0.2) is 5.82 Å². The van der Waals surface area contributed by atoms with Gasteiger partial charge in [-0.1, -0.05) is 37.3 Å². The minimum absolute atomic E-state index is 0.0330. The van der Waals surface area contributed by atoms with Gasteiger partial charge in [0.05, 0.1) is 11.8 Å². The van der Waals surface area contributed by atoms with Crippen molar-refractivity contribution in [2.24, 2.45) is 5.92 Å². The topological polar surface area (TPSA) is 114 Å². The van der Waals surface area contributed by atoms with E-state index in [1.807, 2.05) is 0 Å². The molecule has 8 nitrogen and oxygen atoms in total. The third-order valence-electron chi connectivity index (χ3n) is 5.59. The molecule has 1 fully saturated rings. The van der Waals surface area contributed by atoms with Crippen LogP contribution >= 0.6 is 0 Å².